The first-order valence-corrected chi connectivity index (χ1v) is 9.30. The highest BCUT2D eigenvalue weighted by atomic mass is 35.5. The van der Waals surface area contributed by atoms with E-state index in [4.69, 9.17) is 22.3 Å². The van der Waals surface area contributed by atoms with Gasteiger partial charge in [-0.15, -0.1) is 0 Å². The molecule has 1 aliphatic carbocycles. The minimum Gasteiger partial charge on any atom is -0.351 e. The highest BCUT2D eigenvalue weighted by molar-refractivity contribution is 6.30. The van der Waals surface area contributed by atoms with Crippen LogP contribution in [0.15, 0.2) is 48.5 Å². The Morgan fingerprint density at radius 3 is 2.64 bits per heavy atom. The van der Waals surface area contributed by atoms with Crippen LogP contribution >= 0.6 is 11.6 Å². The number of nitrogens with one attached hydrogen (secondary N) is 1. The number of hydrogen-bond acceptors (Lipinski definition) is 3. The predicted octanol–water partition coefficient (Wildman–Crippen LogP) is 4.42. The number of fused-ring (bicyclic) bond motifs is 1. The maximum atomic E-state index is 6.33. The molecule has 1 aliphatic rings. The van der Waals surface area contributed by atoms with Crippen molar-refractivity contribution in [3.8, 4) is 0 Å². The molecule has 3 N–H and O–H groups in total. The molecule has 0 amide bonds. The Morgan fingerprint density at radius 1 is 1.08 bits per heavy atom. The van der Waals surface area contributed by atoms with Gasteiger partial charge in [0.1, 0.15) is 0 Å². The summed E-state index contributed by atoms with van der Waals surface area (Å²) in [6.45, 7) is 0.752. The van der Waals surface area contributed by atoms with Gasteiger partial charge in [0.15, 0.2) is 0 Å². The lowest BCUT2D eigenvalue weighted by molar-refractivity contribution is 0.401. The molecule has 4 nitrogen and oxygen atoms in total. The van der Waals surface area contributed by atoms with Crippen LogP contribution in [0.5, 0.6) is 0 Å². The van der Waals surface area contributed by atoms with Gasteiger partial charge in [0, 0.05) is 17.1 Å². The van der Waals surface area contributed by atoms with Gasteiger partial charge >= 0.3 is 0 Å². The number of halogens is 1. The maximum Gasteiger partial charge on any atom is 0.204 e. The molecule has 0 saturated heterocycles. The van der Waals surface area contributed by atoms with E-state index in [0.717, 1.165) is 41.4 Å². The fraction of sp³-hybridized carbons (Fsp3) is 0.350. The summed E-state index contributed by atoms with van der Waals surface area (Å²) in [4.78, 5) is 4.83. The zero-order valence-electron chi connectivity index (χ0n) is 14.2. The van der Waals surface area contributed by atoms with Gasteiger partial charge in [0.05, 0.1) is 17.6 Å². The lowest BCUT2D eigenvalue weighted by atomic mass is 9.91. The predicted molar refractivity (Wildman–Crippen MR) is 104 cm³/mol. The van der Waals surface area contributed by atoms with E-state index in [9.17, 15) is 0 Å². The van der Waals surface area contributed by atoms with Gasteiger partial charge < -0.3 is 15.6 Å². The van der Waals surface area contributed by atoms with Gasteiger partial charge in [-0.2, -0.15) is 0 Å². The molecular formula is C20H23ClN4. The number of aromatic nitrogens is 2. The number of imidazole rings is 1. The summed E-state index contributed by atoms with van der Waals surface area (Å²) < 4.78 is 2.24. The van der Waals surface area contributed by atoms with Crippen molar-refractivity contribution in [1.29, 1.82) is 0 Å². The normalized spacial score (nSPS) is 20.7. The third-order valence-electron chi connectivity index (χ3n) is 5.04. The molecule has 0 spiro atoms. The minimum atomic E-state index is 0.192. The fourth-order valence-corrected chi connectivity index (χ4v) is 3.75. The molecule has 1 saturated carbocycles. The van der Waals surface area contributed by atoms with E-state index in [1.54, 1.807) is 0 Å². The van der Waals surface area contributed by atoms with Crippen molar-refractivity contribution < 1.29 is 0 Å². The molecule has 1 aromatic heterocycles. The number of hydrogen-bond donors (Lipinski definition) is 2. The second-order valence-corrected chi connectivity index (χ2v) is 7.27. The number of para-hydroxylation sites is 2. The van der Waals surface area contributed by atoms with Gasteiger partial charge in [-0.1, -0.05) is 48.7 Å². The van der Waals surface area contributed by atoms with Crippen molar-refractivity contribution in [2.75, 3.05) is 5.32 Å². The lowest BCUT2D eigenvalue weighted by Gasteiger charge is -2.29. The summed E-state index contributed by atoms with van der Waals surface area (Å²) in [5.41, 5.74) is 9.66. The van der Waals surface area contributed by atoms with E-state index in [2.05, 4.69) is 40.2 Å². The van der Waals surface area contributed by atoms with E-state index in [1.165, 1.54) is 18.4 Å². The van der Waals surface area contributed by atoms with Gasteiger partial charge in [-0.3, -0.25) is 0 Å². The summed E-state index contributed by atoms with van der Waals surface area (Å²) in [6, 6.07) is 16.7. The maximum absolute atomic E-state index is 6.33. The molecule has 130 valence electrons. The standard InChI is InChI=1S/C20H23ClN4/c21-15-11-9-14(10-12-15)13-25-19-8-4-3-7-18(19)24-20(25)23-17-6-2-1-5-16(17)22/h3-4,7-12,16-17H,1-2,5-6,13,22H2,(H,23,24)/t16-,17-/m1/s1. The molecule has 2 aromatic carbocycles. The second-order valence-electron chi connectivity index (χ2n) is 6.84. The highest BCUT2D eigenvalue weighted by Gasteiger charge is 2.23. The van der Waals surface area contributed by atoms with Crippen molar-refractivity contribution in [3.05, 3.63) is 59.1 Å². The third kappa shape index (κ3) is 3.51. The SMILES string of the molecule is N[C@@H]1CCCC[C@H]1Nc1nc2ccccc2n1Cc1ccc(Cl)cc1. The monoisotopic (exact) mass is 354 g/mol. The first-order chi connectivity index (χ1) is 12.2. The number of nitrogens with zero attached hydrogens (tertiary/aromatic N) is 2. The van der Waals surface area contributed by atoms with Gasteiger partial charge in [-0.05, 0) is 42.7 Å². The number of anilines is 1. The zero-order chi connectivity index (χ0) is 17.2. The number of nitrogens with two attached hydrogens (primary N) is 1. The molecule has 0 bridgehead atoms. The van der Waals surface area contributed by atoms with Crippen molar-refractivity contribution in [2.24, 2.45) is 5.73 Å². The topological polar surface area (TPSA) is 55.9 Å². The van der Waals surface area contributed by atoms with Crippen LogP contribution in [0.3, 0.4) is 0 Å². The van der Waals surface area contributed by atoms with E-state index < -0.39 is 0 Å². The Morgan fingerprint density at radius 2 is 1.84 bits per heavy atom. The third-order valence-corrected chi connectivity index (χ3v) is 5.29. The smallest absolute Gasteiger partial charge is 0.204 e. The van der Waals surface area contributed by atoms with Crippen molar-refractivity contribution >= 4 is 28.6 Å². The first-order valence-electron chi connectivity index (χ1n) is 8.92. The molecule has 1 fully saturated rings. The average Bonchev–Trinajstić information content (AvgIpc) is 2.96. The molecule has 0 unspecified atom stereocenters. The zero-order valence-corrected chi connectivity index (χ0v) is 14.9. The van der Waals surface area contributed by atoms with E-state index in [1.807, 2.05) is 18.2 Å². The molecule has 0 aliphatic heterocycles. The molecule has 3 aromatic rings. The van der Waals surface area contributed by atoms with Crippen LogP contribution in [-0.4, -0.2) is 21.6 Å². The molecule has 5 heteroatoms. The van der Waals surface area contributed by atoms with Crippen LogP contribution in [0.1, 0.15) is 31.2 Å². The Labute approximate surface area is 153 Å². The lowest BCUT2D eigenvalue weighted by Crippen LogP contribution is -2.43. The summed E-state index contributed by atoms with van der Waals surface area (Å²) in [7, 11) is 0. The van der Waals surface area contributed by atoms with Crippen LogP contribution < -0.4 is 11.1 Å². The number of rotatable bonds is 4. The van der Waals surface area contributed by atoms with Crippen LogP contribution in [0, 0.1) is 0 Å². The van der Waals surface area contributed by atoms with Crippen molar-refractivity contribution in [3.63, 3.8) is 0 Å². The summed E-state index contributed by atoms with van der Waals surface area (Å²) >= 11 is 6.02. The molecule has 4 rings (SSSR count). The van der Waals surface area contributed by atoms with Gasteiger partial charge in [0.2, 0.25) is 5.95 Å². The highest BCUT2D eigenvalue weighted by Crippen LogP contribution is 2.25. The fourth-order valence-electron chi connectivity index (χ4n) is 3.62. The Kier molecular flexibility index (Phi) is 4.64. The summed E-state index contributed by atoms with van der Waals surface area (Å²) in [5.74, 6) is 0.901. The van der Waals surface area contributed by atoms with Crippen LogP contribution in [0.4, 0.5) is 5.95 Å². The second kappa shape index (κ2) is 7.06. The average molecular weight is 355 g/mol. The summed E-state index contributed by atoms with van der Waals surface area (Å²) in [5, 5.41) is 4.38. The van der Waals surface area contributed by atoms with Crippen LogP contribution in [0.2, 0.25) is 5.02 Å². The van der Waals surface area contributed by atoms with E-state index in [0.29, 0.717) is 0 Å². The minimum absolute atomic E-state index is 0.192. The molecule has 1 heterocycles. The Bertz CT molecular complexity index is 856. The van der Waals surface area contributed by atoms with Crippen molar-refractivity contribution in [1.82, 2.24) is 9.55 Å². The van der Waals surface area contributed by atoms with E-state index in [-0.39, 0.29) is 12.1 Å². The van der Waals surface area contributed by atoms with Crippen LogP contribution in [-0.2, 0) is 6.54 Å². The van der Waals surface area contributed by atoms with Crippen LogP contribution in [0.25, 0.3) is 11.0 Å². The van der Waals surface area contributed by atoms with Gasteiger partial charge in [-0.25, -0.2) is 4.98 Å². The Hall–Kier alpha value is -2.04. The molecular weight excluding hydrogens is 332 g/mol. The first kappa shape index (κ1) is 16.4. The van der Waals surface area contributed by atoms with Gasteiger partial charge in [0.25, 0.3) is 0 Å². The number of benzene rings is 2. The molecule has 2 atom stereocenters. The molecule has 0 radical (unpaired) electrons. The van der Waals surface area contributed by atoms with Crippen molar-refractivity contribution in [2.45, 2.75) is 44.3 Å². The Balaban J connectivity index is 1.68. The molecule has 25 heavy (non-hydrogen) atoms. The summed E-state index contributed by atoms with van der Waals surface area (Å²) in [6.07, 6.45) is 4.63. The van der Waals surface area contributed by atoms with E-state index >= 15 is 0 Å². The quantitative estimate of drug-likeness (QED) is 0.729. The largest absolute Gasteiger partial charge is 0.351 e.